The summed E-state index contributed by atoms with van der Waals surface area (Å²) < 4.78 is 4.87. The first-order chi connectivity index (χ1) is 12.8. The van der Waals surface area contributed by atoms with Gasteiger partial charge in [-0.3, -0.25) is 19.2 Å². The van der Waals surface area contributed by atoms with Crippen molar-refractivity contribution >= 4 is 39.9 Å². The Kier molecular flexibility index (Phi) is 6.84. The molecule has 0 unspecified atom stereocenters. The van der Waals surface area contributed by atoms with Crippen molar-refractivity contribution in [1.29, 1.82) is 0 Å². The topological polar surface area (TPSA) is 116 Å². The first kappa shape index (κ1) is 20.3. The Morgan fingerprint density at radius 3 is 2.48 bits per heavy atom. The van der Waals surface area contributed by atoms with E-state index in [9.17, 15) is 19.2 Å². The van der Waals surface area contributed by atoms with Crippen molar-refractivity contribution in [3.05, 3.63) is 51.9 Å². The zero-order chi connectivity index (χ0) is 20.0. The fourth-order valence-corrected chi connectivity index (χ4v) is 3.06. The fourth-order valence-electron chi connectivity index (χ4n) is 2.26. The molecule has 27 heavy (non-hydrogen) atoms. The van der Waals surface area contributed by atoms with Crippen molar-refractivity contribution in [2.75, 3.05) is 11.9 Å². The molecular weight excluding hydrogens is 368 g/mol. The lowest BCUT2D eigenvalue weighted by Crippen LogP contribution is -2.22. The normalized spacial score (nSPS) is 10.3. The number of carbonyl (C=O) groups is 4. The van der Waals surface area contributed by atoms with E-state index in [0.29, 0.717) is 10.6 Å². The number of hydrogen-bond donors (Lipinski definition) is 2. The van der Waals surface area contributed by atoms with Crippen LogP contribution in [0.15, 0.2) is 29.6 Å². The summed E-state index contributed by atoms with van der Waals surface area (Å²) in [6, 6.07) is 6.86. The van der Waals surface area contributed by atoms with Crippen LogP contribution in [0.1, 0.15) is 44.7 Å². The number of ether oxygens (including phenoxy) is 1. The molecule has 7 nitrogen and oxygen atoms in total. The Balaban J connectivity index is 1.77. The van der Waals surface area contributed by atoms with Gasteiger partial charge < -0.3 is 15.8 Å². The van der Waals surface area contributed by atoms with E-state index in [1.807, 2.05) is 19.9 Å². The third-order valence-corrected chi connectivity index (χ3v) is 4.76. The van der Waals surface area contributed by atoms with Crippen LogP contribution in [0.2, 0.25) is 0 Å². The Labute approximate surface area is 160 Å². The van der Waals surface area contributed by atoms with Crippen LogP contribution in [0.3, 0.4) is 0 Å². The minimum atomic E-state index is -0.659. The third kappa shape index (κ3) is 5.75. The number of amides is 2. The Morgan fingerprint density at radius 2 is 1.81 bits per heavy atom. The van der Waals surface area contributed by atoms with Crippen LogP contribution >= 0.6 is 11.3 Å². The average Bonchev–Trinajstić information content (AvgIpc) is 3.08. The van der Waals surface area contributed by atoms with E-state index in [2.05, 4.69) is 5.32 Å². The largest absolute Gasteiger partial charge is 0.456 e. The van der Waals surface area contributed by atoms with Crippen LogP contribution < -0.4 is 11.1 Å². The summed E-state index contributed by atoms with van der Waals surface area (Å²) in [6.45, 7) is 3.36. The lowest BCUT2D eigenvalue weighted by molar-refractivity contribution is -0.147. The number of carbonyl (C=O) groups excluding carboxylic acids is 4. The summed E-state index contributed by atoms with van der Waals surface area (Å²) in [4.78, 5) is 46.9. The standard InChI is InChI=1S/C19H20N2O5S/c1-11-3-4-13(9-12(11)2)15(22)5-6-17(24)26-10-16(23)21-19-14(18(20)25)7-8-27-19/h3-4,7-9H,5-6,10H2,1-2H3,(H2,20,25)(H,21,23). The maximum absolute atomic E-state index is 12.1. The highest BCUT2D eigenvalue weighted by atomic mass is 32.1. The summed E-state index contributed by atoms with van der Waals surface area (Å²) in [7, 11) is 0. The molecule has 0 saturated carbocycles. The first-order valence-electron chi connectivity index (χ1n) is 8.21. The molecule has 0 saturated heterocycles. The van der Waals surface area contributed by atoms with Crippen molar-refractivity contribution in [3.63, 3.8) is 0 Å². The second-order valence-corrected chi connectivity index (χ2v) is 6.87. The number of anilines is 1. The van der Waals surface area contributed by atoms with Crippen LogP contribution in [-0.2, 0) is 14.3 Å². The van der Waals surface area contributed by atoms with Crippen molar-refractivity contribution in [3.8, 4) is 0 Å². The van der Waals surface area contributed by atoms with Gasteiger partial charge in [0.05, 0.1) is 12.0 Å². The van der Waals surface area contributed by atoms with Gasteiger partial charge in [-0.15, -0.1) is 11.3 Å². The number of thiophene rings is 1. The zero-order valence-corrected chi connectivity index (χ0v) is 15.9. The summed E-state index contributed by atoms with van der Waals surface area (Å²) in [5, 5.41) is 4.37. The summed E-state index contributed by atoms with van der Waals surface area (Å²) in [5.74, 6) is -2.06. The smallest absolute Gasteiger partial charge is 0.306 e. The highest BCUT2D eigenvalue weighted by molar-refractivity contribution is 7.14. The van der Waals surface area contributed by atoms with Gasteiger partial charge in [-0.1, -0.05) is 12.1 Å². The average molecular weight is 388 g/mol. The Hall–Kier alpha value is -3.00. The zero-order valence-electron chi connectivity index (χ0n) is 15.0. The number of rotatable bonds is 8. The molecule has 0 aliphatic rings. The number of Topliss-reactive ketones (excluding diaryl/α,β-unsaturated/α-hetero) is 1. The van der Waals surface area contributed by atoms with Gasteiger partial charge in [-0.05, 0) is 42.5 Å². The van der Waals surface area contributed by atoms with Gasteiger partial charge in [0.2, 0.25) is 0 Å². The molecule has 1 aromatic heterocycles. The number of nitrogens with two attached hydrogens (primary N) is 1. The molecule has 142 valence electrons. The highest BCUT2D eigenvalue weighted by Gasteiger charge is 2.15. The lowest BCUT2D eigenvalue weighted by atomic mass is 10.0. The van der Waals surface area contributed by atoms with Gasteiger partial charge in [0.25, 0.3) is 11.8 Å². The molecule has 1 aromatic carbocycles. The number of esters is 1. The van der Waals surface area contributed by atoms with E-state index in [0.717, 1.165) is 22.5 Å². The van der Waals surface area contributed by atoms with E-state index in [1.54, 1.807) is 17.5 Å². The molecule has 0 atom stereocenters. The molecule has 0 radical (unpaired) electrons. The maximum Gasteiger partial charge on any atom is 0.306 e. The number of hydrogen-bond acceptors (Lipinski definition) is 6. The van der Waals surface area contributed by atoms with E-state index < -0.39 is 24.4 Å². The van der Waals surface area contributed by atoms with Crippen LogP contribution in [0.5, 0.6) is 0 Å². The predicted octanol–water partition coefficient (Wildman–Crippen LogP) is 2.61. The minimum absolute atomic E-state index is 0.000296. The number of aryl methyl sites for hydroxylation is 2. The van der Waals surface area contributed by atoms with Crippen molar-refractivity contribution in [2.24, 2.45) is 5.73 Å². The maximum atomic E-state index is 12.1. The minimum Gasteiger partial charge on any atom is -0.456 e. The Bertz CT molecular complexity index is 888. The van der Waals surface area contributed by atoms with Crippen molar-refractivity contribution in [1.82, 2.24) is 0 Å². The second kappa shape index (κ2) is 9.09. The van der Waals surface area contributed by atoms with E-state index in [4.69, 9.17) is 10.5 Å². The van der Waals surface area contributed by atoms with Crippen molar-refractivity contribution in [2.45, 2.75) is 26.7 Å². The summed E-state index contributed by atoms with van der Waals surface area (Å²) in [6.07, 6.45) is -0.121. The molecule has 3 N–H and O–H groups in total. The molecule has 2 aromatic rings. The number of primary amides is 1. The molecule has 0 aliphatic carbocycles. The van der Waals surface area contributed by atoms with E-state index in [1.165, 1.54) is 6.07 Å². The molecule has 0 fully saturated rings. The lowest BCUT2D eigenvalue weighted by Gasteiger charge is -2.07. The molecule has 0 aliphatic heterocycles. The predicted molar refractivity (Wildman–Crippen MR) is 102 cm³/mol. The third-order valence-electron chi connectivity index (χ3n) is 3.93. The summed E-state index contributed by atoms with van der Waals surface area (Å²) >= 11 is 1.14. The molecule has 8 heteroatoms. The van der Waals surface area contributed by atoms with Gasteiger partial charge >= 0.3 is 5.97 Å². The quantitative estimate of drug-likeness (QED) is 0.533. The molecule has 2 amide bonds. The number of benzene rings is 1. The molecular formula is C19H20N2O5S. The van der Waals surface area contributed by atoms with Gasteiger partial charge in [0, 0.05) is 12.0 Å². The van der Waals surface area contributed by atoms with Gasteiger partial charge in [-0.25, -0.2) is 0 Å². The number of ketones is 1. The van der Waals surface area contributed by atoms with Crippen LogP contribution in [0.25, 0.3) is 0 Å². The fraction of sp³-hybridized carbons (Fsp3) is 0.263. The molecule has 2 rings (SSSR count). The molecule has 0 spiro atoms. The van der Waals surface area contributed by atoms with E-state index >= 15 is 0 Å². The van der Waals surface area contributed by atoms with Gasteiger partial charge in [0.1, 0.15) is 5.00 Å². The monoisotopic (exact) mass is 388 g/mol. The molecule has 0 bridgehead atoms. The number of nitrogens with one attached hydrogen (secondary N) is 1. The van der Waals surface area contributed by atoms with Crippen LogP contribution in [0.4, 0.5) is 5.00 Å². The van der Waals surface area contributed by atoms with Gasteiger partial charge in [0.15, 0.2) is 12.4 Å². The molecule has 1 heterocycles. The van der Waals surface area contributed by atoms with Crippen LogP contribution in [0, 0.1) is 13.8 Å². The Morgan fingerprint density at radius 1 is 1.07 bits per heavy atom. The van der Waals surface area contributed by atoms with Crippen LogP contribution in [-0.4, -0.2) is 30.2 Å². The van der Waals surface area contributed by atoms with Gasteiger partial charge in [-0.2, -0.15) is 0 Å². The highest BCUT2D eigenvalue weighted by Crippen LogP contribution is 2.22. The van der Waals surface area contributed by atoms with Crippen molar-refractivity contribution < 1.29 is 23.9 Å². The first-order valence-corrected chi connectivity index (χ1v) is 9.09. The second-order valence-electron chi connectivity index (χ2n) is 5.96. The summed E-state index contributed by atoms with van der Waals surface area (Å²) in [5.41, 5.74) is 8.01. The van der Waals surface area contributed by atoms with E-state index in [-0.39, 0.29) is 24.2 Å². The SMILES string of the molecule is Cc1ccc(C(=O)CCC(=O)OCC(=O)Nc2sccc2C(N)=O)cc1C.